The van der Waals surface area contributed by atoms with Crippen molar-refractivity contribution in [3.8, 4) is 6.07 Å². The van der Waals surface area contributed by atoms with E-state index in [2.05, 4.69) is 24.0 Å². The van der Waals surface area contributed by atoms with Crippen LogP contribution in [0, 0.1) is 18.3 Å². The molecule has 0 aliphatic carbocycles. The van der Waals surface area contributed by atoms with Crippen LogP contribution in [-0.2, 0) is 12.8 Å². The Kier molecular flexibility index (Phi) is 6.19. The molecule has 1 heterocycles. The first-order valence-corrected chi connectivity index (χ1v) is 8.62. The van der Waals surface area contributed by atoms with Crippen LogP contribution in [0.4, 0.5) is 5.69 Å². The largest absolute Gasteiger partial charge is 0.370 e. The fourth-order valence-corrected chi connectivity index (χ4v) is 3.19. The van der Waals surface area contributed by atoms with Gasteiger partial charge in [0.15, 0.2) is 0 Å². The molecule has 2 rings (SSSR count). The summed E-state index contributed by atoms with van der Waals surface area (Å²) in [5.74, 6) is 0. The molecule has 2 aromatic rings. The van der Waals surface area contributed by atoms with Gasteiger partial charge in [-0.1, -0.05) is 31.2 Å². The van der Waals surface area contributed by atoms with Gasteiger partial charge in [-0.25, -0.2) is 0 Å². The molecule has 130 valence electrons. The number of hydrogen-bond donors (Lipinski definition) is 1. The van der Waals surface area contributed by atoms with E-state index in [1.165, 1.54) is 11.6 Å². The Balaban J connectivity index is 2.57. The van der Waals surface area contributed by atoms with Crippen LogP contribution in [0.3, 0.4) is 0 Å². The van der Waals surface area contributed by atoms with E-state index in [0.29, 0.717) is 6.42 Å². The standard InChI is InChI=1S/C21H25N3O/c1-5-18-15(3)23-21(25)20(24(4)6-2)19(18)14-17-10-7-9-16(13-17)11-8-12-22/h7-11,13H,5-6,14H2,1-4H3,(H,23,25)/b11-8-. The number of nitriles is 1. The number of hydrogen-bond acceptors (Lipinski definition) is 3. The molecule has 1 aromatic carbocycles. The Bertz CT molecular complexity index is 872. The van der Waals surface area contributed by atoms with Crippen LogP contribution in [0.5, 0.6) is 0 Å². The van der Waals surface area contributed by atoms with Gasteiger partial charge in [-0.3, -0.25) is 4.79 Å². The van der Waals surface area contributed by atoms with Crippen molar-refractivity contribution in [2.45, 2.75) is 33.6 Å². The van der Waals surface area contributed by atoms with E-state index in [9.17, 15) is 4.79 Å². The Morgan fingerprint density at radius 1 is 1.28 bits per heavy atom. The lowest BCUT2D eigenvalue weighted by Crippen LogP contribution is -2.28. The minimum absolute atomic E-state index is 0.0328. The topological polar surface area (TPSA) is 59.9 Å². The van der Waals surface area contributed by atoms with Crippen LogP contribution in [0.1, 0.15) is 41.8 Å². The van der Waals surface area contributed by atoms with Crippen LogP contribution < -0.4 is 10.5 Å². The molecule has 1 aromatic heterocycles. The maximum atomic E-state index is 12.6. The third-order valence-corrected chi connectivity index (χ3v) is 4.51. The summed E-state index contributed by atoms with van der Waals surface area (Å²) < 4.78 is 0. The Labute approximate surface area is 149 Å². The number of pyridine rings is 1. The quantitative estimate of drug-likeness (QED) is 0.816. The number of H-pyrrole nitrogens is 1. The SMILES string of the molecule is CCc1c(C)[nH]c(=O)c(N(C)CC)c1Cc1cccc(/C=C\C#N)c1. The minimum atomic E-state index is -0.0328. The highest BCUT2D eigenvalue weighted by atomic mass is 16.1. The van der Waals surface area contributed by atoms with Crippen molar-refractivity contribution in [1.29, 1.82) is 5.26 Å². The summed E-state index contributed by atoms with van der Waals surface area (Å²) in [4.78, 5) is 17.6. The van der Waals surface area contributed by atoms with Gasteiger partial charge in [-0.05, 0) is 48.6 Å². The van der Waals surface area contributed by atoms with Crippen molar-refractivity contribution in [3.05, 3.63) is 68.6 Å². The van der Waals surface area contributed by atoms with Gasteiger partial charge in [0.05, 0.1) is 6.07 Å². The second-order valence-electron chi connectivity index (χ2n) is 6.14. The zero-order chi connectivity index (χ0) is 18.4. The first-order chi connectivity index (χ1) is 12.0. The molecule has 0 aliphatic rings. The molecule has 0 spiro atoms. The highest BCUT2D eigenvalue weighted by Gasteiger charge is 2.17. The lowest BCUT2D eigenvalue weighted by molar-refractivity contribution is 0.901. The van der Waals surface area contributed by atoms with Crippen LogP contribution in [0.25, 0.3) is 6.08 Å². The van der Waals surface area contributed by atoms with Crippen molar-refractivity contribution in [1.82, 2.24) is 4.98 Å². The molecule has 0 saturated carbocycles. The van der Waals surface area contributed by atoms with E-state index in [0.717, 1.165) is 41.0 Å². The lowest BCUT2D eigenvalue weighted by atomic mass is 9.95. The van der Waals surface area contributed by atoms with Crippen molar-refractivity contribution >= 4 is 11.8 Å². The maximum absolute atomic E-state index is 12.6. The first-order valence-electron chi connectivity index (χ1n) is 8.62. The highest BCUT2D eigenvalue weighted by Crippen LogP contribution is 2.25. The smallest absolute Gasteiger partial charge is 0.271 e. The van der Waals surface area contributed by atoms with Gasteiger partial charge in [-0.2, -0.15) is 5.26 Å². The Morgan fingerprint density at radius 3 is 2.68 bits per heavy atom. The van der Waals surface area contributed by atoms with Gasteiger partial charge < -0.3 is 9.88 Å². The first kappa shape index (κ1) is 18.5. The zero-order valence-electron chi connectivity index (χ0n) is 15.4. The molecule has 1 N–H and O–H groups in total. The fraction of sp³-hybridized carbons (Fsp3) is 0.333. The summed E-state index contributed by atoms with van der Waals surface area (Å²) in [6.07, 6.45) is 4.84. The van der Waals surface area contributed by atoms with Gasteiger partial charge >= 0.3 is 0 Å². The second-order valence-corrected chi connectivity index (χ2v) is 6.14. The summed E-state index contributed by atoms with van der Waals surface area (Å²) >= 11 is 0. The summed E-state index contributed by atoms with van der Waals surface area (Å²) in [5, 5.41) is 8.71. The molecule has 0 aliphatic heterocycles. The van der Waals surface area contributed by atoms with Crippen LogP contribution in [-0.4, -0.2) is 18.6 Å². The van der Waals surface area contributed by atoms with Gasteiger partial charge in [-0.15, -0.1) is 0 Å². The van der Waals surface area contributed by atoms with Gasteiger partial charge in [0, 0.05) is 31.8 Å². The molecule has 25 heavy (non-hydrogen) atoms. The third kappa shape index (κ3) is 4.19. The summed E-state index contributed by atoms with van der Waals surface area (Å²) in [6.45, 7) is 6.90. The molecular weight excluding hydrogens is 310 g/mol. The molecule has 0 fully saturated rings. The number of aromatic amines is 1. The van der Waals surface area contributed by atoms with E-state index in [1.54, 1.807) is 6.08 Å². The molecule has 0 saturated heterocycles. The lowest BCUT2D eigenvalue weighted by Gasteiger charge is -2.23. The van der Waals surface area contributed by atoms with Crippen molar-refractivity contribution in [2.24, 2.45) is 0 Å². The summed E-state index contributed by atoms with van der Waals surface area (Å²) in [5.41, 5.74) is 6.07. The van der Waals surface area contributed by atoms with Crippen LogP contribution in [0.15, 0.2) is 35.1 Å². The number of rotatable bonds is 6. The van der Waals surface area contributed by atoms with Gasteiger partial charge in [0.25, 0.3) is 5.56 Å². The van der Waals surface area contributed by atoms with E-state index in [-0.39, 0.29) is 5.56 Å². The fourth-order valence-electron chi connectivity index (χ4n) is 3.19. The molecule has 0 unspecified atom stereocenters. The second kappa shape index (κ2) is 8.34. The predicted octanol–water partition coefficient (Wildman–Crippen LogP) is 3.83. The number of anilines is 1. The number of aryl methyl sites for hydroxylation is 1. The zero-order valence-corrected chi connectivity index (χ0v) is 15.4. The van der Waals surface area contributed by atoms with Crippen molar-refractivity contribution in [3.63, 3.8) is 0 Å². The molecule has 0 amide bonds. The van der Waals surface area contributed by atoms with E-state index >= 15 is 0 Å². The number of allylic oxidation sites excluding steroid dienone is 1. The third-order valence-electron chi connectivity index (χ3n) is 4.51. The minimum Gasteiger partial charge on any atom is -0.370 e. The average Bonchev–Trinajstić information content (AvgIpc) is 2.60. The number of benzene rings is 1. The highest BCUT2D eigenvalue weighted by molar-refractivity contribution is 5.59. The van der Waals surface area contributed by atoms with Crippen molar-refractivity contribution < 1.29 is 0 Å². The summed E-state index contributed by atoms with van der Waals surface area (Å²) in [7, 11) is 1.95. The van der Waals surface area contributed by atoms with Gasteiger partial charge in [0.2, 0.25) is 0 Å². The number of nitrogens with one attached hydrogen (secondary N) is 1. The Hall–Kier alpha value is -2.80. The molecule has 0 radical (unpaired) electrons. The molecule has 0 bridgehead atoms. The van der Waals surface area contributed by atoms with Crippen LogP contribution >= 0.6 is 0 Å². The van der Waals surface area contributed by atoms with E-state index in [4.69, 9.17) is 5.26 Å². The maximum Gasteiger partial charge on any atom is 0.271 e. The van der Waals surface area contributed by atoms with Gasteiger partial charge in [0.1, 0.15) is 5.69 Å². The summed E-state index contributed by atoms with van der Waals surface area (Å²) in [6, 6.07) is 10.1. The molecule has 0 atom stereocenters. The molecule has 4 heteroatoms. The average molecular weight is 335 g/mol. The van der Waals surface area contributed by atoms with E-state index < -0.39 is 0 Å². The predicted molar refractivity (Wildman–Crippen MR) is 104 cm³/mol. The number of aromatic nitrogens is 1. The molecular formula is C21H25N3O. The van der Waals surface area contributed by atoms with Crippen molar-refractivity contribution in [2.75, 3.05) is 18.5 Å². The monoisotopic (exact) mass is 335 g/mol. The molecule has 4 nitrogen and oxygen atoms in total. The number of nitrogens with zero attached hydrogens (tertiary/aromatic N) is 2. The normalized spacial score (nSPS) is 10.8. The van der Waals surface area contributed by atoms with E-state index in [1.807, 2.05) is 44.0 Å². The van der Waals surface area contributed by atoms with Crippen LogP contribution in [0.2, 0.25) is 0 Å². The Morgan fingerprint density at radius 2 is 2.04 bits per heavy atom.